The highest BCUT2D eigenvalue weighted by Crippen LogP contribution is 2.34. The lowest BCUT2D eigenvalue weighted by molar-refractivity contribution is -0.136. The number of carbonyl (C=O) groups is 3. The number of anilines is 1. The minimum atomic E-state index is -0.600. The lowest BCUT2D eigenvalue weighted by Crippen LogP contribution is -2.52. The molecule has 1 aromatic rings. The number of hydrogen-bond donors (Lipinski definition) is 2. The van der Waals surface area contributed by atoms with Crippen molar-refractivity contribution in [1.29, 1.82) is 0 Å². The Bertz CT molecular complexity index is 855. The second kappa shape index (κ2) is 9.57. The summed E-state index contributed by atoms with van der Waals surface area (Å²) in [6, 6.07) is 5.14. The van der Waals surface area contributed by atoms with Crippen molar-refractivity contribution in [3.05, 3.63) is 29.3 Å². The van der Waals surface area contributed by atoms with Crippen LogP contribution in [0.5, 0.6) is 0 Å². The standard InChI is InChI=1S/C22H28N4O3/c1-2-3-5-13-25(14-6-4-12-23)18-9-7-8-16-17(18)15-26(22(16)29)19-10-11-20(27)24-21(19)28/h7-9,19H,4-6,10-15,23H2,1H3,(H,24,27,28). The van der Waals surface area contributed by atoms with Crippen LogP contribution < -0.4 is 16.0 Å². The van der Waals surface area contributed by atoms with Gasteiger partial charge in [0, 0.05) is 49.3 Å². The van der Waals surface area contributed by atoms with Crippen LogP contribution in [0, 0.1) is 11.8 Å². The molecule has 29 heavy (non-hydrogen) atoms. The number of fused-ring (bicyclic) bond motifs is 1. The van der Waals surface area contributed by atoms with Gasteiger partial charge in [-0.15, -0.1) is 11.8 Å². The first-order valence-electron chi connectivity index (χ1n) is 10.2. The molecule has 3 N–H and O–H groups in total. The first-order chi connectivity index (χ1) is 14.1. The molecule has 1 atom stereocenters. The first kappa shape index (κ1) is 20.9. The van der Waals surface area contributed by atoms with Crippen molar-refractivity contribution < 1.29 is 14.4 Å². The molecule has 2 heterocycles. The Morgan fingerprint density at radius 1 is 1.24 bits per heavy atom. The fourth-order valence-electron chi connectivity index (χ4n) is 3.98. The Kier molecular flexibility index (Phi) is 6.89. The highest BCUT2D eigenvalue weighted by Gasteiger charge is 2.40. The molecule has 0 saturated carbocycles. The Morgan fingerprint density at radius 3 is 2.79 bits per heavy atom. The number of rotatable bonds is 8. The van der Waals surface area contributed by atoms with E-state index in [4.69, 9.17) is 5.73 Å². The predicted octanol–water partition coefficient (Wildman–Crippen LogP) is 1.41. The molecule has 154 valence electrons. The highest BCUT2D eigenvalue weighted by molar-refractivity contribution is 6.06. The predicted molar refractivity (Wildman–Crippen MR) is 111 cm³/mol. The topological polar surface area (TPSA) is 95.7 Å². The number of unbranched alkanes of at least 4 members (excludes halogenated alkanes) is 1. The van der Waals surface area contributed by atoms with E-state index in [0.29, 0.717) is 25.1 Å². The number of nitrogens with two attached hydrogens (primary N) is 1. The SMILES string of the molecule is CC#CCCN(CCCCN)c1cccc2c1CN(C1CCC(=O)NC1=O)C2=O. The third-order valence-corrected chi connectivity index (χ3v) is 5.46. The summed E-state index contributed by atoms with van der Waals surface area (Å²) in [6.07, 6.45) is 3.26. The maximum Gasteiger partial charge on any atom is 0.255 e. The Balaban J connectivity index is 1.84. The van der Waals surface area contributed by atoms with Gasteiger partial charge in [0.2, 0.25) is 11.8 Å². The average molecular weight is 396 g/mol. The molecule has 1 aromatic carbocycles. The molecule has 3 amide bonds. The van der Waals surface area contributed by atoms with Crippen molar-refractivity contribution in [2.75, 3.05) is 24.5 Å². The molecule has 0 aliphatic carbocycles. The highest BCUT2D eigenvalue weighted by atomic mass is 16.2. The molecule has 0 aromatic heterocycles. The summed E-state index contributed by atoms with van der Waals surface area (Å²) in [5.74, 6) is 5.22. The average Bonchev–Trinajstić information content (AvgIpc) is 3.04. The van der Waals surface area contributed by atoms with Gasteiger partial charge in [-0.3, -0.25) is 19.7 Å². The molecule has 7 heteroatoms. The van der Waals surface area contributed by atoms with Gasteiger partial charge in [0.25, 0.3) is 5.91 Å². The number of imide groups is 1. The summed E-state index contributed by atoms with van der Waals surface area (Å²) in [5.41, 5.74) is 8.25. The van der Waals surface area contributed by atoms with Crippen LogP contribution in [0.3, 0.4) is 0 Å². The van der Waals surface area contributed by atoms with E-state index in [0.717, 1.165) is 43.6 Å². The molecule has 3 rings (SSSR count). The maximum atomic E-state index is 13.0. The first-order valence-corrected chi connectivity index (χ1v) is 10.2. The summed E-state index contributed by atoms with van der Waals surface area (Å²) in [4.78, 5) is 40.6. The number of amides is 3. The largest absolute Gasteiger partial charge is 0.370 e. The summed E-state index contributed by atoms with van der Waals surface area (Å²) >= 11 is 0. The number of nitrogens with zero attached hydrogens (tertiary/aromatic N) is 2. The molecule has 0 spiro atoms. The van der Waals surface area contributed by atoms with Gasteiger partial charge in [-0.1, -0.05) is 6.07 Å². The zero-order chi connectivity index (χ0) is 20.8. The molecular weight excluding hydrogens is 368 g/mol. The van der Waals surface area contributed by atoms with Crippen LogP contribution in [-0.4, -0.2) is 48.3 Å². The summed E-state index contributed by atoms with van der Waals surface area (Å²) in [7, 11) is 0. The zero-order valence-corrected chi connectivity index (χ0v) is 16.9. The van der Waals surface area contributed by atoms with Gasteiger partial charge in [-0.25, -0.2) is 0 Å². The van der Waals surface area contributed by atoms with E-state index >= 15 is 0 Å². The minimum Gasteiger partial charge on any atom is -0.370 e. The van der Waals surface area contributed by atoms with Crippen molar-refractivity contribution in [2.45, 2.75) is 51.6 Å². The minimum absolute atomic E-state index is 0.147. The van der Waals surface area contributed by atoms with Gasteiger partial charge >= 0.3 is 0 Å². The van der Waals surface area contributed by atoms with Gasteiger partial charge in [0.15, 0.2) is 0 Å². The number of nitrogens with one attached hydrogen (secondary N) is 1. The van der Waals surface area contributed by atoms with E-state index in [2.05, 4.69) is 22.1 Å². The van der Waals surface area contributed by atoms with E-state index in [-0.39, 0.29) is 24.1 Å². The summed E-state index contributed by atoms with van der Waals surface area (Å²) in [5, 5.41) is 2.35. The number of benzene rings is 1. The van der Waals surface area contributed by atoms with E-state index in [1.165, 1.54) is 0 Å². The van der Waals surface area contributed by atoms with Crippen LogP contribution in [0.4, 0.5) is 5.69 Å². The molecule has 0 radical (unpaired) electrons. The summed E-state index contributed by atoms with van der Waals surface area (Å²) < 4.78 is 0. The van der Waals surface area contributed by atoms with Crippen LogP contribution in [0.1, 0.15) is 54.9 Å². The van der Waals surface area contributed by atoms with E-state index < -0.39 is 6.04 Å². The monoisotopic (exact) mass is 396 g/mol. The van der Waals surface area contributed by atoms with Crippen molar-refractivity contribution in [2.24, 2.45) is 5.73 Å². The Labute approximate surface area is 171 Å². The summed E-state index contributed by atoms with van der Waals surface area (Å²) in [6.45, 7) is 4.47. The zero-order valence-electron chi connectivity index (χ0n) is 16.9. The quantitative estimate of drug-likeness (QED) is 0.393. The lowest BCUT2D eigenvalue weighted by Gasteiger charge is -2.30. The number of piperidine rings is 1. The molecular formula is C22H28N4O3. The Hall–Kier alpha value is -2.85. The lowest BCUT2D eigenvalue weighted by atomic mass is 10.0. The number of carbonyl (C=O) groups excluding carboxylic acids is 3. The molecule has 0 bridgehead atoms. The second-order valence-electron chi connectivity index (χ2n) is 7.36. The van der Waals surface area contributed by atoms with E-state index in [9.17, 15) is 14.4 Å². The van der Waals surface area contributed by atoms with Gasteiger partial charge in [-0.05, 0) is 44.9 Å². The van der Waals surface area contributed by atoms with Crippen molar-refractivity contribution >= 4 is 23.4 Å². The van der Waals surface area contributed by atoms with E-state index in [1.54, 1.807) is 4.90 Å². The molecule has 1 fully saturated rings. The van der Waals surface area contributed by atoms with Gasteiger partial charge in [0.05, 0.1) is 0 Å². The van der Waals surface area contributed by atoms with Gasteiger partial charge in [0.1, 0.15) is 6.04 Å². The van der Waals surface area contributed by atoms with Crippen LogP contribution >= 0.6 is 0 Å². The molecule has 1 saturated heterocycles. The van der Waals surface area contributed by atoms with Crippen LogP contribution in [0.15, 0.2) is 18.2 Å². The van der Waals surface area contributed by atoms with Crippen molar-refractivity contribution in [3.8, 4) is 11.8 Å². The molecule has 1 unspecified atom stereocenters. The van der Waals surface area contributed by atoms with Crippen LogP contribution in [0.2, 0.25) is 0 Å². The second-order valence-corrected chi connectivity index (χ2v) is 7.36. The fourth-order valence-corrected chi connectivity index (χ4v) is 3.98. The third-order valence-electron chi connectivity index (χ3n) is 5.46. The molecule has 7 nitrogen and oxygen atoms in total. The number of hydrogen-bond acceptors (Lipinski definition) is 5. The fraction of sp³-hybridized carbons (Fsp3) is 0.500. The normalized spacial score (nSPS) is 18.2. The van der Waals surface area contributed by atoms with E-state index in [1.807, 2.05) is 25.1 Å². The third kappa shape index (κ3) is 4.60. The van der Waals surface area contributed by atoms with Crippen molar-refractivity contribution in [3.63, 3.8) is 0 Å². The van der Waals surface area contributed by atoms with Crippen LogP contribution in [-0.2, 0) is 16.1 Å². The smallest absolute Gasteiger partial charge is 0.255 e. The van der Waals surface area contributed by atoms with Crippen LogP contribution in [0.25, 0.3) is 0 Å². The molecule has 2 aliphatic heterocycles. The molecule has 2 aliphatic rings. The maximum absolute atomic E-state index is 13.0. The van der Waals surface area contributed by atoms with Gasteiger partial charge in [-0.2, -0.15) is 0 Å². The van der Waals surface area contributed by atoms with Gasteiger partial charge < -0.3 is 15.5 Å². The van der Waals surface area contributed by atoms with Crippen molar-refractivity contribution in [1.82, 2.24) is 10.2 Å². The Morgan fingerprint density at radius 2 is 2.07 bits per heavy atom.